The zero-order valence-corrected chi connectivity index (χ0v) is 14.6. The Morgan fingerprint density at radius 2 is 1.81 bits per heavy atom. The molecule has 1 aliphatic heterocycles. The predicted octanol–water partition coefficient (Wildman–Crippen LogP) is 3.77. The summed E-state index contributed by atoms with van der Waals surface area (Å²) in [5, 5.41) is 11.0. The van der Waals surface area contributed by atoms with Crippen molar-refractivity contribution in [1.82, 2.24) is 0 Å². The van der Waals surface area contributed by atoms with E-state index >= 15 is 0 Å². The van der Waals surface area contributed by atoms with Crippen molar-refractivity contribution in [1.29, 1.82) is 5.26 Å². The highest BCUT2D eigenvalue weighted by molar-refractivity contribution is 5.99. The van der Waals surface area contributed by atoms with E-state index in [1.807, 2.05) is 42.5 Å². The Morgan fingerprint density at radius 1 is 1.07 bits per heavy atom. The van der Waals surface area contributed by atoms with Gasteiger partial charge in [-0.25, -0.2) is 9.79 Å². The van der Waals surface area contributed by atoms with Crippen molar-refractivity contribution in [3.05, 3.63) is 83.4 Å². The van der Waals surface area contributed by atoms with Gasteiger partial charge in [-0.05, 0) is 35.0 Å². The number of hydrogen-bond donors (Lipinski definition) is 0. The van der Waals surface area contributed by atoms with Crippen LogP contribution in [-0.2, 0) is 14.3 Å². The van der Waals surface area contributed by atoms with Crippen molar-refractivity contribution in [3.8, 4) is 6.07 Å². The molecule has 0 aromatic heterocycles. The van der Waals surface area contributed by atoms with Crippen LogP contribution in [0.4, 0.5) is 0 Å². The summed E-state index contributed by atoms with van der Waals surface area (Å²) in [6, 6.07) is 22.1. The van der Waals surface area contributed by atoms with Gasteiger partial charge in [-0.1, -0.05) is 42.5 Å². The van der Waals surface area contributed by atoms with Gasteiger partial charge in [0.1, 0.15) is 0 Å². The summed E-state index contributed by atoms with van der Waals surface area (Å²) >= 11 is 0. The van der Waals surface area contributed by atoms with Gasteiger partial charge in [0, 0.05) is 11.1 Å². The fourth-order valence-electron chi connectivity index (χ4n) is 3.27. The average Bonchev–Trinajstić information content (AvgIpc) is 3.18. The van der Waals surface area contributed by atoms with Crippen LogP contribution in [0.1, 0.15) is 22.8 Å². The molecule has 0 bridgehead atoms. The smallest absolute Gasteiger partial charge is 0.335 e. The second-order valence-corrected chi connectivity index (χ2v) is 6.20. The summed E-state index contributed by atoms with van der Waals surface area (Å²) in [6.45, 7) is 0. The zero-order chi connectivity index (χ0) is 18.8. The van der Waals surface area contributed by atoms with Crippen LogP contribution < -0.4 is 0 Å². The monoisotopic (exact) mass is 356 g/mol. The number of methoxy groups -OCH3 is 1. The lowest BCUT2D eigenvalue weighted by molar-refractivity contribution is -0.143. The van der Waals surface area contributed by atoms with Crippen molar-refractivity contribution in [2.24, 2.45) is 4.99 Å². The third kappa shape index (κ3) is 3.02. The lowest BCUT2D eigenvalue weighted by Crippen LogP contribution is -2.25. The van der Waals surface area contributed by atoms with Gasteiger partial charge in [0.05, 0.1) is 18.7 Å². The van der Waals surface area contributed by atoms with Gasteiger partial charge in [-0.2, -0.15) is 5.26 Å². The number of hydrogen-bond acceptors (Lipinski definition) is 5. The molecule has 132 valence electrons. The molecule has 2 atom stereocenters. The first-order valence-corrected chi connectivity index (χ1v) is 8.52. The van der Waals surface area contributed by atoms with Crippen molar-refractivity contribution in [3.63, 3.8) is 0 Å². The molecule has 0 N–H and O–H groups in total. The predicted molar refractivity (Wildman–Crippen MR) is 101 cm³/mol. The van der Waals surface area contributed by atoms with Crippen LogP contribution in [0.3, 0.4) is 0 Å². The van der Waals surface area contributed by atoms with Gasteiger partial charge >= 0.3 is 5.97 Å². The van der Waals surface area contributed by atoms with Crippen LogP contribution in [0, 0.1) is 11.3 Å². The Bertz CT molecular complexity index is 1080. The number of rotatable bonds is 3. The first-order chi connectivity index (χ1) is 13.2. The average molecular weight is 356 g/mol. The first-order valence-electron chi connectivity index (χ1n) is 8.52. The molecular weight excluding hydrogens is 340 g/mol. The molecule has 0 spiro atoms. The molecular formula is C22H16N2O3. The molecule has 0 fully saturated rings. The SMILES string of the molecule is COC(=O)[C@@H]1N=C(c2ccc(C#N)cc2)O[C@H]1c1cccc2ccccc12. The summed E-state index contributed by atoms with van der Waals surface area (Å²) in [5.41, 5.74) is 2.15. The van der Waals surface area contributed by atoms with E-state index in [9.17, 15) is 4.79 Å². The third-order valence-electron chi connectivity index (χ3n) is 4.62. The maximum atomic E-state index is 12.4. The summed E-state index contributed by atoms with van der Waals surface area (Å²) in [5.74, 6) is -0.0793. The van der Waals surface area contributed by atoms with Crippen LogP contribution in [0.25, 0.3) is 10.8 Å². The Morgan fingerprint density at radius 3 is 2.56 bits per heavy atom. The van der Waals surface area contributed by atoms with E-state index in [0.717, 1.165) is 16.3 Å². The van der Waals surface area contributed by atoms with E-state index in [2.05, 4.69) is 11.1 Å². The molecule has 0 unspecified atom stereocenters. The Balaban J connectivity index is 1.76. The minimum atomic E-state index is -0.786. The molecule has 27 heavy (non-hydrogen) atoms. The fourth-order valence-corrected chi connectivity index (χ4v) is 3.27. The lowest BCUT2D eigenvalue weighted by atomic mass is 9.96. The summed E-state index contributed by atoms with van der Waals surface area (Å²) < 4.78 is 11.1. The van der Waals surface area contributed by atoms with Crippen LogP contribution in [0.2, 0.25) is 0 Å². The maximum absolute atomic E-state index is 12.4. The highest BCUT2D eigenvalue weighted by Gasteiger charge is 2.39. The number of nitrogens with zero attached hydrogens (tertiary/aromatic N) is 2. The number of nitriles is 1. The number of esters is 1. The van der Waals surface area contributed by atoms with E-state index in [0.29, 0.717) is 17.0 Å². The van der Waals surface area contributed by atoms with Crippen LogP contribution in [-0.4, -0.2) is 25.0 Å². The quantitative estimate of drug-likeness (QED) is 0.670. The number of ether oxygens (including phenoxy) is 2. The summed E-state index contributed by atoms with van der Waals surface area (Å²) in [4.78, 5) is 16.8. The Kier molecular flexibility index (Phi) is 4.31. The molecule has 0 amide bonds. The number of carbonyl (C=O) groups excluding carboxylic acids is 1. The standard InChI is InChI=1S/C22H16N2O3/c1-26-22(25)19-20(18-8-4-6-15-5-2-3-7-17(15)18)27-21(24-19)16-11-9-14(13-23)10-12-16/h2-12,19-20H,1H3/t19-,20+/m1/s1. The van der Waals surface area contributed by atoms with Gasteiger partial charge in [-0.15, -0.1) is 0 Å². The molecule has 0 radical (unpaired) electrons. The van der Waals surface area contributed by atoms with Gasteiger partial charge < -0.3 is 9.47 Å². The van der Waals surface area contributed by atoms with E-state index in [1.165, 1.54) is 7.11 Å². The maximum Gasteiger partial charge on any atom is 0.335 e. The molecule has 4 rings (SSSR count). The number of benzene rings is 3. The largest absolute Gasteiger partial charge is 0.467 e. The minimum absolute atomic E-state index is 0.368. The Hall–Kier alpha value is -3.65. The molecule has 1 aliphatic rings. The molecule has 5 heteroatoms. The van der Waals surface area contributed by atoms with E-state index in [1.54, 1.807) is 24.3 Å². The molecule has 0 aliphatic carbocycles. The second-order valence-electron chi connectivity index (χ2n) is 6.20. The van der Waals surface area contributed by atoms with Crippen LogP contribution in [0.15, 0.2) is 71.7 Å². The molecule has 3 aromatic carbocycles. The first kappa shape index (κ1) is 16.8. The van der Waals surface area contributed by atoms with Crippen LogP contribution >= 0.6 is 0 Å². The second kappa shape index (κ2) is 6.93. The number of aliphatic imine (C=N–C) groups is 1. The van der Waals surface area contributed by atoms with E-state index in [-0.39, 0.29) is 0 Å². The van der Waals surface area contributed by atoms with Crippen molar-refractivity contribution >= 4 is 22.6 Å². The fraction of sp³-hybridized carbons (Fsp3) is 0.136. The topological polar surface area (TPSA) is 71.7 Å². The van der Waals surface area contributed by atoms with Crippen molar-refractivity contribution in [2.45, 2.75) is 12.1 Å². The lowest BCUT2D eigenvalue weighted by Gasteiger charge is -2.18. The summed E-state index contributed by atoms with van der Waals surface area (Å²) in [7, 11) is 1.34. The van der Waals surface area contributed by atoms with E-state index < -0.39 is 18.1 Å². The molecule has 5 nitrogen and oxygen atoms in total. The number of carbonyl (C=O) groups is 1. The van der Waals surface area contributed by atoms with Crippen molar-refractivity contribution in [2.75, 3.05) is 7.11 Å². The van der Waals surface area contributed by atoms with Crippen LogP contribution in [0.5, 0.6) is 0 Å². The molecule has 1 heterocycles. The molecule has 3 aromatic rings. The van der Waals surface area contributed by atoms with E-state index in [4.69, 9.17) is 14.7 Å². The summed E-state index contributed by atoms with van der Waals surface area (Å²) in [6.07, 6.45) is -0.575. The van der Waals surface area contributed by atoms with Gasteiger partial charge in [0.2, 0.25) is 5.90 Å². The number of fused-ring (bicyclic) bond motifs is 1. The molecule has 0 saturated heterocycles. The normalized spacial score (nSPS) is 18.4. The zero-order valence-electron chi connectivity index (χ0n) is 14.6. The third-order valence-corrected chi connectivity index (χ3v) is 4.62. The Labute approximate surface area is 156 Å². The molecule has 0 saturated carbocycles. The van der Waals surface area contributed by atoms with Gasteiger partial charge in [0.15, 0.2) is 12.1 Å². The van der Waals surface area contributed by atoms with Gasteiger partial charge in [-0.3, -0.25) is 0 Å². The van der Waals surface area contributed by atoms with Gasteiger partial charge in [0.25, 0.3) is 0 Å². The van der Waals surface area contributed by atoms with Crippen molar-refractivity contribution < 1.29 is 14.3 Å². The minimum Gasteiger partial charge on any atom is -0.467 e. The highest BCUT2D eigenvalue weighted by atomic mass is 16.5. The highest BCUT2D eigenvalue weighted by Crippen LogP contribution is 2.35.